The van der Waals surface area contributed by atoms with Crippen molar-refractivity contribution in [2.45, 2.75) is 13.8 Å². The average Bonchev–Trinajstić information content (AvgIpc) is 2.95. The lowest BCUT2D eigenvalue weighted by molar-refractivity contribution is 0.225. The molecule has 0 aliphatic carbocycles. The maximum absolute atomic E-state index is 11.6. The Hall–Kier alpha value is -3.14. The van der Waals surface area contributed by atoms with Gasteiger partial charge in [0.15, 0.2) is 12.6 Å². The Balaban J connectivity index is 1.72. The van der Waals surface area contributed by atoms with Crippen molar-refractivity contribution in [1.29, 1.82) is 0 Å². The molecule has 22 heavy (non-hydrogen) atoms. The van der Waals surface area contributed by atoms with Gasteiger partial charge >= 0.3 is 11.9 Å². The molecule has 0 bridgehead atoms. The Morgan fingerprint density at radius 2 is 2.14 bits per heavy atom. The molecule has 0 radical (unpaired) electrons. The van der Waals surface area contributed by atoms with Gasteiger partial charge in [0.25, 0.3) is 0 Å². The predicted octanol–water partition coefficient (Wildman–Crippen LogP) is 3.11. The summed E-state index contributed by atoms with van der Waals surface area (Å²) >= 11 is 0. The molecular weight excluding hydrogens is 284 g/mol. The molecule has 3 N–H and O–H groups in total. The Bertz CT molecular complexity index is 703. The Morgan fingerprint density at radius 1 is 1.32 bits per heavy atom. The summed E-state index contributed by atoms with van der Waals surface area (Å²) in [6.07, 6.45) is 0. The van der Waals surface area contributed by atoms with E-state index in [0.29, 0.717) is 5.75 Å². The fraction of sp³-hybridized carbons (Fsp3) is 0.200. The van der Waals surface area contributed by atoms with E-state index in [1.165, 1.54) is 6.07 Å². The van der Waals surface area contributed by atoms with Gasteiger partial charge in [-0.05, 0) is 37.6 Å². The summed E-state index contributed by atoms with van der Waals surface area (Å²) in [5.41, 5.74) is 7.06. The number of rotatable bonds is 5. The molecular formula is C15H16N4O3. The van der Waals surface area contributed by atoms with E-state index in [2.05, 4.69) is 21.0 Å². The topological polar surface area (TPSA) is 79.9 Å². The number of hydrogen-bond acceptors (Lipinski definition) is 4. The minimum Gasteiger partial charge on any atom is -0.473 e. The highest BCUT2D eigenvalue weighted by Crippen LogP contribution is 2.19. The third-order valence-corrected chi connectivity index (χ3v) is 2.79. The number of nitrogens with one attached hydrogen (secondary N) is 3. The van der Waals surface area contributed by atoms with Gasteiger partial charge in [-0.3, -0.25) is 5.43 Å². The number of hydrogen-bond donors (Lipinski definition) is 3. The van der Waals surface area contributed by atoms with Gasteiger partial charge in [0, 0.05) is 0 Å². The van der Waals surface area contributed by atoms with Gasteiger partial charge in [-0.1, -0.05) is 17.7 Å². The third kappa shape index (κ3) is 4.18. The molecule has 1 heterocycles. The van der Waals surface area contributed by atoms with E-state index >= 15 is 0 Å². The van der Waals surface area contributed by atoms with Crippen LogP contribution in [0.25, 0.3) is 4.85 Å². The maximum Gasteiger partial charge on any atom is 0.347 e. The van der Waals surface area contributed by atoms with Crippen LogP contribution in [0.1, 0.15) is 11.1 Å². The van der Waals surface area contributed by atoms with Gasteiger partial charge in [0.2, 0.25) is 0 Å². The quantitative estimate of drug-likeness (QED) is 0.450. The van der Waals surface area contributed by atoms with E-state index in [-0.39, 0.29) is 18.5 Å². The van der Waals surface area contributed by atoms with Crippen LogP contribution in [-0.2, 0) is 0 Å². The van der Waals surface area contributed by atoms with E-state index in [0.717, 1.165) is 11.1 Å². The Labute approximate surface area is 128 Å². The fourth-order valence-corrected chi connectivity index (χ4v) is 1.76. The molecule has 0 spiro atoms. The monoisotopic (exact) mass is 300 g/mol. The molecule has 2 rings (SSSR count). The van der Waals surface area contributed by atoms with Gasteiger partial charge in [-0.25, -0.2) is 10.2 Å². The molecule has 0 aliphatic heterocycles. The van der Waals surface area contributed by atoms with Crippen LogP contribution >= 0.6 is 0 Å². The van der Waals surface area contributed by atoms with Crippen LogP contribution in [0.4, 0.5) is 16.6 Å². The molecule has 0 atom stereocenters. The second-order valence-electron chi connectivity index (χ2n) is 4.56. The minimum atomic E-state index is -0.481. The first-order valence-electron chi connectivity index (χ1n) is 6.55. The molecule has 0 saturated heterocycles. The molecule has 1 aromatic heterocycles. The van der Waals surface area contributed by atoms with E-state index in [4.69, 9.17) is 15.7 Å². The summed E-state index contributed by atoms with van der Waals surface area (Å²) in [4.78, 5) is 14.7. The highest BCUT2D eigenvalue weighted by Gasteiger charge is 2.04. The summed E-state index contributed by atoms with van der Waals surface area (Å²) in [6.45, 7) is 10.7. The van der Waals surface area contributed by atoms with E-state index in [9.17, 15) is 4.79 Å². The molecule has 2 aromatic rings. The molecule has 7 heteroatoms. The number of urea groups is 1. The number of hydrazine groups is 1. The lowest BCUT2D eigenvalue weighted by Crippen LogP contribution is -2.40. The van der Waals surface area contributed by atoms with Gasteiger partial charge in [0.1, 0.15) is 5.75 Å². The minimum absolute atomic E-state index is 0.0306. The van der Waals surface area contributed by atoms with Crippen molar-refractivity contribution in [1.82, 2.24) is 10.7 Å². The van der Waals surface area contributed by atoms with Crippen molar-refractivity contribution in [3.63, 3.8) is 0 Å². The molecule has 7 nitrogen and oxygen atoms in total. The summed E-state index contributed by atoms with van der Waals surface area (Å²) in [6, 6.07) is 8.36. The van der Waals surface area contributed by atoms with Gasteiger partial charge in [-0.15, -0.1) is 0 Å². The Morgan fingerprint density at radius 3 is 2.82 bits per heavy atom. The van der Waals surface area contributed by atoms with Crippen molar-refractivity contribution in [2.75, 3.05) is 12.2 Å². The fourth-order valence-electron chi connectivity index (χ4n) is 1.76. The molecule has 114 valence electrons. The number of anilines is 1. The number of benzene rings is 1. The van der Waals surface area contributed by atoms with E-state index in [1.807, 2.05) is 32.0 Å². The van der Waals surface area contributed by atoms with Crippen molar-refractivity contribution in [3.8, 4) is 5.75 Å². The number of furan rings is 1. The summed E-state index contributed by atoms with van der Waals surface area (Å²) in [7, 11) is 0. The lowest BCUT2D eigenvalue weighted by Gasteiger charge is -2.11. The molecule has 0 aliphatic rings. The largest absolute Gasteiger partial charge is 0.473 e. The van der Waals surface area contributed by atoms with Crippen LogP contribution in [0, 0.1) is 20.4 Å². The van der Waals surface area contributed by atoms with Gasteiger partial charge in [0.05, 0.1) is 6.57 Å². The summed E-state index contributed by atoms with van der Waals surface area (Å²) in [5.74, 6) is 1.13. The molecule has 1 aromatic carbocycles. The first-order valence-corrected chi connectivity index (χ1v) is 6.55. The van der Waals surface area contributed by atoms with Crippen LogP contribution in [0.3, 0.4) is 0 Å². The number of amides is 2. The van der Waals surface area contributed by atoms with Crippen LogP contribution in [0.15, 0.2) is 34.7 Å². The highest BCUT2D eigenvalue weighted by atomic mass is 16.5. The van der Waals surface area contributed by atoms with Crippen LogP contribution in [0.2, 0.25) is 0 Å². The van der Waals surface area contributed by atoms with Gasteiger partial charge < -0.3 is 14.5 Å². The lowest BCUT2D eigenvalue weighted by atomic mass is 10.1. The van der Waals surface area contributed by atoms with Crippen molar-refractivity contribution in [3.05, 3.63) is 52.9 Å². The number of nitrogens with zero attached hydrogens (tertiary/aromatic N) is 1. The second-order valence-corrected chi connectivity index (χ2v) is 4.56. The second kappa shape index (κ2) is 7.04. The highest BCUT2D eigenvalue weighted by molar-refractivity contribution is 5.75. The van der Waals surface area contributed by atoms with Crippen molar-refractivity contribution < 1.29 is 13.9 Å². The van der Waals surface area contributed by atoms with Gasteiger partial charge in [-0.2, -0.15) is 4.85 Å². The first kappa shape index (κ1) is 15.3. The smallest absolute Gasteiger partial charge is 0.347 e. The van der Waals surface area contributed by atoms with E-state index < -0.39 is 6.03 Å². The SMILES string of the molecule is [C-]#[N+]c1ccc(NNC(=O)NCOc2ccc(C)cc2C)o1. The predicted molar refractivity (Wildman–Crippen MR) is 81.7 cm³/mol. The first-order chi connectivity index (χ1) is 10.6. The third-order valence-electron chi connectivity index (χ3n) is 2.79. The molecule has 0 fully saturated rings. The number of carbonyl (C=O) groups excluding carboxylic acids is 1. The van der Waals surface area contributed by atoms with Crippen molar-refractivity contribution >= 4 is 17.8 Å². The zero-order valence-electron chi connectivity index (χ0n) is 12.3. The standard InChI is InChI=1S/C15H16N4O3/c1-10-4-5-12(11(2)8-10)21-9-17-15(20)19-18-14-7-6-13(16-3)22-14/h4-8,18H,9H2,1-2H3,(H2,17,19,20). The van der Waals surface area contributed by atoms with E-state index in [1.54, 1.807) is 6.07 Å². The van der Waals surface area contributed by atoms with Crippen LogP contribution < -0.4 is 20.9 Å². The average molecular weight is 300 g/mol. The zero-order valence-corrected chi connectivity index (χ0v) is 12.3. The maximum atomic E-state index is 11.6. The molecule has 0 saturated carbocycles. The van der Waals surface area contributed by atoms with Crippen molar-refractivity contribution in [2.24, 2.45) is 0 Å². The van der Waals surface area contributed by atoms with Crippen LogP contribution in [0.5, 0.6) is 5.75 Å². The number of carbonyl (C=O) groups is 1. The Kier molecular flexibility index (Phi) is 4.88. The molecule has 2 amide bonds. The number of aryl methyl sites for hydroxylation is 2. The molecule has 0 unspecified atom stereocenters. The summed E-state index contributed by atoms with van der Waals surface area (Å²) < 4.78 is 10.5. The number of ether oxygens (including phenoxy) is 1. The van der Waals surface area contributed by atoms with Crippen LogP contribution in [-0.4, -0.2) is 12.8 Å². The summed E-state index contributed by atoms with van der Waals surface area (Å²) in [5, 5.41) is 2.53. The zero-order chi connectivity index (χ0) is 15.9. The normalized spacial score (nSPS) is 9.68.